The SMILES string of the molecule is CCC(=O)N1CC(F)C[C@H]1C1CCN(C)CC1. The van der Waals surface area contributed by atoms with E-state index in [1.54, 1.807) is 4.90 Å². The fourth-order valence-corrected chi connectivity index (χ4v) is 3.16. The third-order valence-electron chi connectivity index (χ3n) is 4.22. The molecule has 1 amide bonds. The second-order valence-corrected chi connectivity index (χ2v) is 5.44. The molecule has 0 radical (unpaired) electrons. The predicted octanol–water partition coefficient (Wildman–Crippen LogP) is 1.68. The van der Waals surface area contributed by atoms with Crippen LogP contribution in [0, 0.1) is 5.92 Å². The molecule has 0 bridgehead atoms. The summed E-state index contributed by atoms with van der Waals surface area (Å²) in [5.74, 6) is 0.622. The molecule has 2 aliphatic rings. The quantitative estimate of drug-likeness (QED) is 0.735. The van der Waals surface area contributed by atoms with Gasteiger partial charge in [0.2, 0.25) is 5.91 Å². The maximum absolute atomic E-state index is 13.5. The highest BCUT2D eigenvalue weighted by atomic mass is 19.1. The Hall–Kier alpha value is -0.640. The first kappa shape index (κ1) is 12.8. The molecule has 0 aliphatic carbocycles. The molecule has 2 aliphatic heterocycles. The van der Waals surface area contributed by atoms with Crippen molar-refractivity contribution in [3.05, 3.63) is 0 Å². The van der Waals surface area contributed by atoms with Crippen molar-refractivity contribution in [3.8, 4) is 0 Å². The molecule has 17 heavy (non-hydrogen) atoms. The second-order valence-electron chi connectivity index (χ2n) is 5.44. The van der Waals surface area contributed by atoms with Crippen LogP contribution in [0.25, 0.3) is 0 Å². The zero-order chi connectivity index (χ0) is 12.4. The summed E-state index contributed by atoms with van der Waals surface area (Å²) in [7, 11) is 2.12. The first-order chi connectivity index (χ1) is 8.11. The summed E-state index contributed by atoms with van der Waals surface area (Å²) in [6.07, 6.45) is 2.44. The topological polar surface area (TPSA) is 23.6 Å². The van der Waals surface area contributed by atoms with Gasteiger partial charge in [0.1, 0.15) is 6.17 Å². The molecule has 4 heteroatoms. The van der Waals surface area contributed by atoms with Crippen LogP contribution in [0.5, 0.6) is 0 Å². The Morgan fingerprint density at radius 1 is 1.35 bits per heavy atom. The number of halogens is 1. The first-order valence-corrected chi connectivity index (χ1v) is 6.74. The molecule has 0 N–H and O–H groups in total. The fourth-order valence-electron chi connectivity index (χ4n) is 3.16. The van der Waals surface area contributed by atoms with Crippen LogP contribution >= 0.6 is 0 Å². The molecule has 98 valence electrons. The van der Waals surface area contributed by atoms with Crippen LogP contribution in [0.15, 0.2) is 0 Å². The van der Waals surface area contributed by atoms with Crippen molar-refractivity contribution in [1.29, 1.82) is 0 Å². The molecule has 1 unspecified atom stereocenters. The number of hydrogen-bond acceptors (Lipinski definition) is 2. The van der Waals surface area contributed by atoms with Gasteiger partial charge in [-0.3, -0.25) is 4.79 Å². The van der Waals surface area contributed by atoms with Gasteiger partial charge in [0, 0.05) is 18.9 Å². The van der Waals surface area contributed by atoms with Crippen molar-refractivity contribution in [3.63, 3.8) is 0 Å². The summed E-state index contributed by atoms with van der Waals surface area (Å²) in [6, 6.07) is 0.158. The van der Waals surface area contributed by atoms with Gasteiger partial charge in [-0.15, -0.1) is 0 Å². The molecule has 2 saturated heterocycles. The van der Waals surface area contributed by atoms with E-state index >= 15 is 0 Å². The minimum atomic E-state index is -0.810. The molecule has 0 aromatic heterocycles. The summed E-state index contributed by atoms with van der Waals surface area (Å²) < 4.78 is 13.5. The highest BCUT2D eigenvalue weighted by molar-refractivity contribution is 5.76. The first-order valence-electron chi connectivity index (χ1n) is 6.74. The molecule has 2 fully saturated rings. The van der Waals surface area contributed by atoms with E-state index in [1.165, 1.54) is 0 Å². The number of nitrogens with zero attached hydrogens (tertiary/aromatic N) is 2. The van der Waals surface area contributed by atoms with Crippen molar-refractivity contribution in [1.82, 2.24) is 9.80 Å². The van der Waals surface area contributed by atoms with E-state index in [0.29, 0.717) is 25.3 Å². The molecular formula is C13H23FN2O. The summed E-state index contributed by atoms with van der Waals surface area (Å²) >= 11 is 0. The highest BCUT2D eigenvalue weighted by Crippen LogP contribution is 2.32. The Balaban J connectivity index is 2.00. The van der Waals surface area contributed by atoms with Gasteiger partial charge in [-0.1, -0.05) is 6.92 Å². The smallest absolute Gasteiger partial charge is 0.222 e. The van der Waals surface area contributed by atoms with E-state index in [1.807, 2.05) is 6.92 Å². The van der Waals surface area contributed by atoms with Crippen LogP contribution in [-0.2, 0) is 4.79 Å². The van der Waals surface area contributed by atoms with Gasteiger partial charge in [-0.2, -0.15) is 0 Å². The Morgan fingerprint density at radius 3 is 2.59 bits per heavy atom. The lowest BCUT2D eigenvalue weighted by molar-refractivity contribution is -0.133. The van der Waals surface area contributed by atoms with Crippen molar-refractivity contribution in [2.75, 3.05) is 26.7 Å². The van der Waals surface area contributed by atoms with Gasteiger partial charge in [0.25, 0.3) is 0 Å². The van der Waals surface area contributed by atoms with Gasteiger partial charge >= 0.3 is 0 Å². The van der Waals surface area contributed by atoms with Crippen molar-refractivity contribution in [2.24, 2.45) is 5.92 Å². The van der Waals surface area contributed by atoms with E-state index in [2.05, 4.69) is 11.9 Å². The molecule has 0 saturated carbocycles. The van der Waals surface area contributed by atoms with Crippen LogP contribution in [-0.4, -0.2) is 54.6 Å². The lowest BCUT2D eigenvalue weighted by Crippen LogP contribution is -2.44. The van der Waals surface area contributed by atoms with Crippen LogP contribution in [0.2, 0.25) is 0 Å². The molecule has 3 nitrogen and oxygen atoms in total. The molecular weight excluding hydrogens is 219 g/mol. The number of rotatable bonds is 2. The second kappa shape index (κ2) is 5.34. The third kappa shape index (κ3) is 2.79. The lowest BCUT2D eigenvalue weighted by atomic mass is 9.88. The number of piperidine rings is 1. The Kier molecular flexibility index (Phi) is 4.02. The highest BCUT2D eigenvalue weighted by Gasteiger charge is 2.39. The zero-order valence-electron chi connectivity index (χ0n) is 10.9. The van der Waals surface area contributed by atoms with Crippen molar-refractivity contribution >= 4 is 5.91 Å². The standard InChI is InChI=1S/C13H23FN2O/c1-3-13(17)16-9-11(14)8-12(16)10-4-6-15(2)7-5-10/h10-12H,3-9H2,1-2H3/t11?,12-/m0/s1. The summed E-state index contributed by atoms with van der Waals surface area (Å²) in [4.78, 5) is 15.9. The van der Waals surface area contributed by atoms with Crippen LogP contribution in [0.1, 0.15) is 32.6 Å². The average molecular weight is 242 g/mol. The number of carbonyl (C=O) groups is 1. The van der Waals surface area contributed by atoms with Crippen molar-refractivity contribution in [2.45, 2.75) is 44.8 Å². The Labute approximate surface area is 103 Å². The molecule has 0 spiro atoms. The molecule has 0 aromatic carbocycles. The maximum atomic E-state index is 13.5. The minimum absolute atomic E-state index is 0.120. The Bertz CT molecular complexity index is 277. The number of likely N-dealkylation sites (tertiary alicyclic amines) is 2. The number of amides is 1. The van der Waals surface area contributed by atoms with Gasteiger partial charge in [0.15, 0.2) is 0 Å². The molecule has 0 aromatic rings. The molecule has 2 rings (SSSR count). The van der Waals surface area contributed by atoms with E-state index in [-0.39, 0.29) is 11.9 Å². The van der Waals surface area contributed by atoms with Crippen LogP contribution in [0.4, 0.5) is 4.39 Å². The van der Waals surface area contributed by atoms with E-state index < -0.39 is 6.17 Å². The van der Waals surface area contributed by atoms with E-state index in [4.69, 9.17) is 0 Å². The number of alkyl halides is 1. The Morgan fingerprint density at radius 2 is 2.00 bits per heavy atom. The summed E-state index contributed by atoms with van der Waals surface area (Å²) in [5.41, 5.74) is 0. The predicted molar refractivity (Wildman–Crippen MR) is 65.5 cm³/mol. The largest absolute Gasteiger partial charge is 0.336 e. The molecule has 2 atom stereocenters. The van der Waals surface area contributed by atoms with Crippen molar-refractivity contribution < 1.29 is 9.18 Å². The van der Waals surface area contributed by atoms with Gasteiger partial charge in [0.05, 0.1) is 6.54 Å². The van der Waals surface area contributed by atoms with Crippen LogP contribution in [0.3, 0.4) is 0 Å². The zero-order valence-corrected chi connectivity index (χ0v) is 10.9. The summed E-state index contributed by atoms with van der Waals surface area (Å²) in [5, 5.41) is 0. The average Bonchev–Trinajstić information content (AvgIpc) is 2.71. The number of hydrogen-bond donors (Lipinski definition) is 0. The van der Waals surface area contributed by atoms with Gasteiger partial charge in [-0.05, 0) is 38.9 Å². The van der Waals surface area contributed by atoms with Crippen LogP contribution < -0.4 is 0 Å². The van der Waals surface area contributed by atoms with E-state index in [0.717, 1.165) is 25.9 Å². The lowest BCUT2D eigenvalue weighted by Gasteiger charge is -2.36. The number of carbonyl (C=O) groups excluding carboxylic acids is 1. The van der Waals surface area contributed by atoms with Gasteiger partial charge < -0.3 is 9.80 Å². The molecule has 2 heterocycles. The maximum Gasteiger partial charge on any atom is 0.222 e. The van der Waals surface area contributed by atoms with E-state index in [9.17, 15) is 9.18 Å². The minimum Gasteiger partial charge on any atom is -0.336 e. The normalized spacial score (nSPS) is 32.1. The van der Waals surface area contributed by atoms with Gasteiger partial charge in [-0.25, -0.2) is 4.39 Å². The third-order valence-corrected chi connectivity index (χ3v) is 4.22. The fraction of sp³-hybridized carbons (Fsp3) is 0.923. The monoisotopic (exact) mass is 242 g/mol. The summed E-state index contributed by atoms with van der Waals surface area (Å²) in [6.45, 7) is 4.34.